The van der Waals surface area contributed by atoms with E-state index < -0.39 is 0 Å². The quantitative estimate of drug-likeness (QED) is 0.685. The first-order valence-corrected chi connectivity index (χ1v) is 5.74. The van der Waals surface area contributed by atoms with Crippen LogP contribution in [0.25, 0.3) is 0 Å². The van der Waals surface area contributed by atoms with Gasteiger partial charge in [0.15, 0.2) is 0 Å². The van der Waals surface area contributed by atoms with Crippen LogP contribution in [0.15, 0.2) is 0 Å². The smallest absolute Gasteiger partial charge is 0.225 e. The van der Waals surface area contributed by atoms with E-state index >= 15 is 0 Å². The van der Waals surface area contributed by atoms with E-state index in [9.17, 15) is 9.90 Å². The van der Waals surface area contributed by atoms with E-state index in [0.717, 1.165) is 45.2 Å². The van der Waals surface area contributed by atoms with E-state index in [1.807, 2.05) is 4.90 Å². The lowest BCUT2D eigenvalue weighted by atomic mass is 9.86. The van der Waals surface area contributed by atoms with Crippen LogP contribution in [0.3, 0.4) is 0 Å². The number of likely N-dealkylation sites (tertiary alicyclic amines) is 1. The summed E-state index contributed by atoms with van der Waals surface area (Å²) >= 11 is 0. The van der Waals surface area contributed by atoms with Crippen molar-refractivity contribution in [1.82, 2.24) is 4.90 Å². The van der Waals surface area contributed by atoms with Gasteiger partial charge >= 0.3 is 0 Å². The number of rotatable bonds is 1. The van der Waals surface area contributed by atoms with Gasteiger partial charge in [-0.1, -0.05) is 6.42 Å². The van der Waals surface area contributed by atoms with Gasteiger partial charge in [0.25, 0.3) is 0 Å². The molecule has 2 atom stereocenters. The Balaban J connectivity index is 1.89. The summed E-state index contributed by atoms with van der Waals surface area (Å²) in [6.45, 7) is 1.87. The van der Waals surface area contributed by atoms with Gasteiger partial charge in [-0.2, -0.15) is 0 Å². The number of hydrogen-bond donors (Lipinski definition) is 1. The van der Waals surface area contributed by atoms with Crippen LogP contribution in [0.4, 0.5) is 0 Å². The molecular formula is C11H19NO2. The van der Waals surface area contributed by atoms with Crippen LogP contribution >= 0.6 is 0 Å². The Bertz CT molecular complexity index is 211. The van der Waals surface area contributed by atoms with Crippen LogP contribution in [0, 0.1) is 5.92 Å². The molecule has 80 valence electrons. The largest absolute Gasteiger partial charge is 0.393 e. The van der Waals surface area contributed by atoms with Crippen LogP contribution in [0.1, 0.15) is 38.5 Å². The summed E-state index contributed by atoms with van der Waals surface area (Å²) in [5.74, 6) is 0.401. The summed E-state index contributed by atoms with van der Waals surface area (Å²) < 4.78 is 0. The van der Waals surface area contributed by atoms with E-state index in [2.05, 4.69) is 0 Å². The first kappa shape index (κ1) is 9.97. The van der Waals surface area contributed by atoms with Crippen molar-refractivity contribution in [1.29, 1.82) is 0 Å². The molecule has 1 N–H and O–H groups in total. The molecule has 1 saturated carbocycles. The van der Waals surface area contributed by atoms with Crippen molar-refractivity contribution in [3.63, 3.8) is 0 Å². The molecule has 0 unspecified atom stereocenters. The van der Waals surface area contributed by atoms with Gasteiger partial charge in [-0.15, -0.1) is 0 Å². The first-order chi connectivity index (χ1) is 6.77. The third-order valence-electron chi connectivity index (χ3n) is 3.41. The van der Waals surface area contributed by atoms with Crippen LogP contribution in [0.5, 0.6) is 0 Å². The number of hydrogen-bond acceptors (Lipinski definition) is 2. The minimum absolute atomic E-state index is 0.108. The van der Waals surface area contributed by atoms with Gasteiger partial charge in [0.05, 0.1) is 6.10 Å². The zero-order valence-electron chi connectivity index (χ0n) is 8.61. The van der Waals surface area contributed by atoms with Crippen LogP contribution in [-0.2, 0) is 4.79 Å². The molecular weight excluding hydrogens is 178 g/mol. The van der Waals surface area contributed by atoms with E-state index in [0.29, 0.717) is 12.3 Å². The molecule has 0 bridgehead atoms. The van der Waals surface area contributed by atoms with Crippen molar-refractivity contribution < 1.29 is 9.90 Å². The number of aliphatic hydroxyl groups excluding tert-OH is 1. The highest BCUT2D eigenvalue weighted by molar-refractivity contribution is 5.79. The lowest BCUT2D eigenvalue weighted by molar-refractivity contribution is -0.136. The summed E-state index contributed by atoms with van der Waals surface area (Å²) in [7, 11) is 0. The number of carbonyl (C=O) groups is 1. The van der Waals surface area contributed by atoms with Gasteiger partial charge in [-0.25, -0.2) is 0 Å². The maximum absolute atomic E-state index is 12.0. The number of aliphatic hydroxyl groups is 1. The molecule has 0 spiro atoms. The highest BCUT2D eigenvalue weighted by Crippen LogP contribution is 2.27. The minimum atomic E-state index is -0.236. The second kappa shape index (κ2) is 4.30. The van der Waals surface area contributed by atoms with Gasteiger partial charge in [0.2, 0.25) is 5.91 Å². The van der Waals surface area contributed by atoms with Gasteiger partial charge in [0.1, 0.15) is 0 Å². The lowest BCUT2D eigenvalue weighted by Crippen LogP contribution is -2.37. The van der Waals surface area contributed by atoms with Crippen molar-refractivity contribution >= 4 is 5.91 Å². The summed E-state index contributed by atoms with van der Waals surface area (Å²) in [6, 6.07) is 0. The fourth-order valence-corrected chi connectivity index (χ4v) is 2.58. The third kappa shape index (κ3) is 2.08. The van der Waals surface area contributed by atoms with Crippen molar-refractivity contribution in [2.75, 3.05) is 13.1 Å². The van der Waals surface area contributed by atoms with E-state index in [4.69, 9.17) is 0 Å². The predicted octanol–water partition coefficient (Wildman–Crippen LogP) is 1.16. The monoisotopic (exact) mass is 197 g/mol. The van der Waals surface area contributed by atoms with E-state index in [1.54, 1.807) is 0 Å². The first-order valence-electron chi connectivity index (χ1n) is 5.74. The van der Waals surface area contributed by atoms with E-state index in [1.165, 1.54) is 0 Å². The zero-order chi connectivity index (χ0) is 9.97. The average Bonchev–Trinajstić information content (AvgIpc) is 2.69. The van der Waals surface area contributed by atoms with Crippen molar-refractivity contribution in [2.45, 2.75) is 44.6 Å². The maximum Gasteiger partial charge on any atom is 0.225 e. The summed E-state index contributed by atoms with van der Waals surface area (Å²) in [4.78, 5) is 13.9. The highest BCUT2D eigenvalue weighted by atomic mass is 16.3. The topological polar surface area (TPSA) is 40.5 Å². The number of amides is 1. The predicted molar refractivity (Wildman–Crippen MR) is 53.8 cm³/mol. The maximum atomic E-state index is 12.0. The van der Waals surface area contributed by atoms with Crippen LogP contribution < -0.4 is 0 Å². The molecule has 0 aromatic heterocycles. The van der Waals surface area contributed by atoms with Crippen molar-refractivity contribution in [2.24, 2.45) is 5.92 Å². The SMILES string of the molecule is O=C([C@@H]1CCC[C@H](O)C1)N1CCCC1. The Morgan fingerprint density at radius 3 is 2.50 bits per heavy atom. The molecule has 2 aliphatic rings. The van der Waals surface area contributed by atoms with Crippen LogP contribution in [-0.4, -0.2) is 35.1 Å². The van der Waals surface area contributed by atoms with Crippen molar-refractivity contribution in [3.8, 4) is 0 Å². The fourth-order valence-electron chi connectivity index (χ4n) is 2.58. The molecule has 3 nitrogen and oxygen atoms in total. The number of nitrogens with zero attached hydrogens (tertiary/aromatic N) is 1. The molecule has 0 aromatic carbocycles. The molecule has 1 amide bonds. The molecule has 3 heteroatoms. The van der Waals surface area contributed by atoms with Gasteiger partial charge in [-0.3, -0.25) is 4.79 Å². The Morgan fingerprint density at radius 1 is 1.14 bits per heavy atom. The second-order valence-corrected chi connectivity index (χ2v) is 4.55. The molecule has 14 heavy (non-hydrogen) atoms. The lowest BCUT2D eigenvalue weighted by Gasteiger charge is -2.28. The molecule has 1 aliphatic heterocycles. The zero-order valence-corrected chi connectivity index (χ0v) is 8.61. The summed E-state index contributed by atoms with van der Waals surface area (Å²) in [5, 5.41) is 9.50. The van der Waals surface area contributed by atoms with Gasteiger partial charge in [0, 0.05) is 19.0 Å². The summed E-state index contributed by atoms with van der Waals surface area (Å²) in [5.41, 5.74) is 0. The Morgan fingerprint density at radius 2 is 1.86 bits per heavy atom. The normalized spacial score (nSPS) is 33.4. The highest BCUT2D eigenvalue weighted by Gasteiger charge is 2.30. The molecule has 2 fully saturated rings. The van der Waals surface area contributed by atoms with Crippen LogP contribution in [0.2, 0.25) is 0 Å². The third-order valence-corrected chi connectivity index (χ3v) is 3.41. The Labute approximate surface area is 85.1 Å². The standard InChI is InChI=1S/C11H19NO2/c13-10-5-3-4-9(8-10)11(14)12-6-1-2-7-12/h9-10,13H,1-8H2/t9-,10+/m1/s1. The summed E-state index contributed by atoms with van der Waals surface area (Å²) in [6.07, 6.45) is 5.62. The average molecular weight is 197 g/mol. The van der Waals surface area contributed by atoms with E-state index in [-0.39, 0.29) is 12.0 Å². The van der Waals surface area contributed by atoms with Gasteiger partial charge in [-0.05, 0) is 32.1 Å². The second-order valence-electron chi connectivity index (χ2n) is 4.55. The molecule has 0 radical (unpaired) electrons. The Hall–Kier alpha value is -0.570. The molecule has 1 heterocycles. The fraction of sp³-hybridized carbons (Fsp3) is 0.909. The molecule has 0 aromatic rings. The Kier molecular flexibility index (Phi) is 3.06. The molecule has 1 saturated heterocycles. The van der Waals surface area contributed by atoms with Gasteiger partial charge < -0.3 is 10.0 Å². The molecule has 2 rings (SSSR count). The minimum Gasteiger partial charge on any atom is -0.393 e. The molecule has 1 aliphatic carbocycles. The van der Waals surface area contributed by atoms with Crippen molar-refractivity contribution in [3.05, 3.63) is 0 Å². The number of carbonyl (C=O) groups excluding carboxylic acids is 1.